The van der Waals surface area contributed by atoms with Crippen molar-refractivity contribution in [2.75, 3.05) is 6.61 Å². The lowest BCUT2D eigenvalue weighted by molar-refractivity contribution is 0.0811. The number of pyridine rings is 1. The Labute approximate surface area is 131 Å². The lowest BCUT2D eigenvalue weighted by Crippen LogP contribution is -2.22. The third kappa shape index (κ3) is 4.29. The fraction of sp³-hybridized carbons (Fsp3) is 0.533. The molecule has 0 unspecified atom stereocenters. The van der Waals surface area contributed by atoms with Gasteiger partial charge in [-0.05, 0) is 31.2 Å². The van der Waals surface area contributed by atoms with Crippen LogP contribution >= 0.6 is 11.6 Å². The molecule has 116 valence electrons. The van der Waals surface area contributed by atoms with Crippen LogP contribution in [0.2, 0.25) is 30.8 Å². The molecule has 0 aliphatic rings. The largest absolute Gasteiger partial charge is 0.387 e. The lowest BCUT2D eigenvalue weighted by atomic mass is 10.3. The number of aromatic nitrogens is 2. The molecule has 1 N–H and O–H groups in total. The second-order valence-corrected chi connectivity index (χ2v) is 12.6. The summed E-state index contributed by atoms with van der Waals surface area (Å²) in [4.78, 5) is 4.29. The highest BCUT2D eigenvalue weighted by molar-refractivity contribution is 6.76. The maximum atomic E-state index is 9.93. The van der Waals surface area contributed by atoms with Gasteiger partial charge in [-0.15, -0.1) is 0 Å². The molecular weight excluding hydrogens is 304 g/mol. The van der Waals surface area contributed by atoms with E-state index in [2.05, 4.69) is 24.6 Å². The molecule has 1 atom stereocenters. The van der Waals surface area contributed by atoms with Crippen LogP contribution in [0.25, 0.3) is 11.0 Å². The molecule has 0 aromatic carbocycles. The molecule has 0 fully saturated rings. The quantitative estimate of drug-likeness (QED) is 0.495. The summed E-state index contributed by atoms with van der Waals surface area (Å²) in [6.07, 6.45) is -0.571. The molecule has 2 heterocycles. The van der Waals surface area contributed by atoms with Crippen LogP contribution in [-0.4, -0.2) is 29.3 Å². The first-order valence-electron chi connectivity index (χ1n) is 7.19. The summed E-state index contributed by atoms with van der Waals surface area (Å²) in [5.41, 5.74) is 2.52. The Balaban J connectivity index is 2.19. The van der Waals surface area contributed by atoms with Crippen LogP contribution in [0.1, 0.15) is 18.7 Å². The standard InChI is InChI=1S/C15H23ClN2O2Si/c1-11(19)14-9-12-13(5-6-15(16)17-12)18(14)10-20-7-8-21(2,3)4/h5-6,9,11,19H,7-8,10H2,1-4H3/t11-/m0/s1. The summed E-state index contributed by atoms with van der Waals surface area (Å²) in [5.74, 6) is 0. The molecule has 0 saturated heterocycles. The molecule has 21 heavy (non-hydrogen) atoms. The van der Waals surface area contributed by atoms with Crippen molar-refractivity contribution in [2.24, 2.45) is 0 Å². The van der Waals surface area contributed by atoms with E-state index in [1.807, 2.05) is 16.7 Å². The minimum absolute atomic E-state index is 0.428. The van der Waals surface area contributed by atoms with Crippen LogP contribution < -0.4 is 0 Å². The molecule has 4 nitrogen and oxygen atoms in total. The van der Waals surface area contributed by atoms with E-state index in [0.717, 1.165) is 29.4 Å². The highest BCUT2D eigenvalue weighted by atomic mass is 35.5. The number of aliphatic hydroxyl groups is 1. The van der Waals surface area contributed by atoms with Gasteiger partial charge in [0, 0.05) is 14.7 Å². The van der Waals surface area contributed by atoms with Gasteiger partial charge >= 0.3 is 0 Å². The fourth-order valence-corrected chi connectivity index (χ4v) is 3.07. The average molecular weight is 327 g/mol. The number of rotatable bonds is 6. The third-order valence-electron chi connectivity index (χ3n) is 3.40. The predicted octanol–water partition coefficient (Wildman–Crippen LogP) is 4.06. The van der Waals surface area contributed by atoms with E-state index in [1.54, 1.807) is 13.0 Å². The van der Waals surface area contributed by atoms with Gasteiger partial charge in [-0.25, -0.2) is 4.98 Å². The van der Waals surface area contributed by atoms with E-state index < -0.39 is 14.2 Å². The van der Waals surface area contributed by atoms with Gasteiger partial charge in [0.15, 0.2) is 0 Å². The van der Waals surface area contributed by atoms with Gasteiger partial charge in [-0.1, -0.05) is 31.2 Å². The molecule has 0 saturated carbocycles. The molecule has 0 aliphatic carbocycles. The van der Waals surface area contributed by atoms with Crippen molar-refractivity contribution in [1.82, 2.24) is 9.55 Å². The Morgan fingerprint density at radius 1 is 1.38 bits per heavy atom. The molecular formula is C15H23ClN2O2Si. The second kappa shape index (κ2) is 6.48. The van der Waals surface area contributed by atoms with Crippen LogP contribution in [-0.2, 0) is 11.5 Å². The molecule has 0 amide bonds. The Morgan fingerprint density at radius 3 is 2.71 bits per heavy atom. The first kappa shape index (κ1) is 16.5. The topological polar surface area (TPSA) is 47.3 Å². The number of nitrogens with zero attached hydrogens (tertiary/aromatic N) is 2. The van der Waals surface area contributed by atoms with Gasteiger partial charge < -0.3 is 14.4 Å². The Kier molecular flexibility index (Phi) is 5.09. The first-order valence-corrected chi connectivity index (χ1v) is 11.3. The van der Waals surface area contributed by atoms with Crippen LogP contribution in [0.3, 0.4) is 0 Å². The van der Waals surface area contributed by atoms with Crippen molar-refractivity contribution < 1.29 is 9.84 Å². The molecule has 0 spiro atoms. The van der Waals surface area contributed by atoms with Gasteiger partial charge in [0.05, 0.1) is 22.8 Å². The van der Waals surface area contributed by atoms with Gasteiger partial charge in [0.1, 0.15) is 11.9 Å². The molecule has 0 radical (unpaired) electrons. The van der Waals surface area contributed by atoms with Crippen molar-refractivity contribution in [3.8, 4) is 0 Å². The van der Waals surface area contributed by atoms with E-state index in [-0.39, 0.29) is 0 Å². The summed E-state index contributed by atoms with van der Waals surface area (Å²) < 4.78 is 7.77. The Hall–Kier alpha value is -0.883. The summed E-state index contributed by atoms with van der Waals surface area (Å²) in [6, 6.07) is 6.67. The molecule has 6 heteroatoms. The van der Waals surface area contributed by atoms with E-state index in [4.69, 9.17) is 16.3 Å². The molecule has 2 aromatic heterocycles. The van der Waals surface area contributed by atoms with Gasteiger partial charge in [-0.3, -0.25) is 0 Å². The zero-order valence-corrected chi connectivity index (χ0v) is 14.8. The van der Waals surface area contributed by atoms with E-state index >= 15 is 0 Å². The van der Waals surface area contributed by atoms with Crippen molar-refractivity contribution in [3.05, 3.63) is 29.0 Å². The number of fused-ring (bicyclic) bond motifs is 1. The number of halogens is 1. The van der Waals surface area contributed by atoms with Crippen molar-refractivity contribution >= 4 is 30.7 Å². The fourth-order valence-electron chi connectivity index (χ4n) is 2.16. The second-order valence-electron chi connectivity index (χ2n) is 6.56. The molecule has 0 bridgehead atoms. The summed E-state index contributed by atoms with van der Waals surface area (Å²) in [5, 5.41) is 10.4. The van der Waals surface area contributed by atoms with Crippen LogP contribution in [0.4, 0.5) is 0 Å². The maximum Gasteiger partial charge on any atom is 0.129 e. The Bertz CT molecular complexity index is 620. The summed E-state index contributed by atoms with van der Waals surface area (Å²) in [7, 11) is -1.09. The zero-order chi connectivity index (χ0) is 15.6. The van der Waals surface area contributed by atoms with Gasteiger partial charge in [0.2, 0.25) is 0 Å². The lowest BCUT2D eigenvalue weighted by Gasteiger charge is -2.17. The summed E-state index contributed by atoms with van der Waals surface area (Å²) in [6.45, 7) is 9.90. The highest BCUT2D eigenvalue weighted by Gasteiger charge is 2.15. The monoisotopic (exact) mass is 326 g/mol. The summed E-state index contributed by atoms with van der Waals surface area (Å²) >= 11 is 5.93. The Morgan fingerprint density at radius 2 is 2.10 bits per heavy atom. The number of ether oxygens (including phenoxy) is 1. The highest BCUT2D eigenvalue weighted by Crippen LogP contribution is 2.24. The first-order chi connectivity index (χ1) is 9.78. The minimum atomic E-state index is -1.09. The number of hydrogen-bond donors (Lipinski definition) is 1. The van der Waals surface area contributed by atoms with E-state index in [1.165, 1.54) is 0 Å². The van der Waals surface area contributed by atoms with E-state index in [9.17, 15) is 5.11 Å². The van der Waals surface area contributed by atoms with Gasteiger partial charge in [-0.2, -0.15) is 0 Å². The van der Waals surface area contributed by atoms with Gasteiger partial charge in [0.25, 0.3) is 0 Å². The third-order valence-corrected chi connectivity index (χ3v) is 5.31. The normalized spacial score (nSPS) is 13.8. The SMILES string of the molecule is C[C@H](O)c1cc2nc(Cl)ccc2n1COCC[Si](C)(C)C. The maximum absolute atomic E-state index is 9.93. The zero-order valence-electron chi connectivity index (χ0n) is 13.1. The average Bonchev–Trinajstić information content (AvgIpc) is 2.71. The predicted molar refractivity (Wildman–Crippen MR) is 89.5 cm³/mol. The van der Waals surface area contributed by atoms with Crippen LogP contribution in [0, 0.1) is 0 Å². The number of aliphatic hydroxyl groups excluding tert-OH is 1. The smallest absolute Gasteiger partial charge is 0.129 e. The van der Waals surface area contributed by atoms with E-state index in [0.29, 0.717) is 11.9 Å². The van der Waals surface area contributed by atoms with Crippen LogP contribution in [0.15, 0.2) is 18.2 Å². The van der Waals surface area contributed by atoms with Crippen molar-refractivity contribution in [2.45, 2.75) is 45.4 Å². The number of hydrogen-bond acceptors (Lipinski definition) is 3. The van der Waals surface area contributed by atoms with Crippen molar-refractivity contribution in [1.29, 1.82) is 0 Å². The van der Waals surface area contributed by atoms with Crippen LogP contribution in [0.5, 0.6) is 0 Å². The molecule has 0 aliphatic heterocycles. The molecule has 2 rings (SSSR count). The van der Waals surface area contributed by atoms with Crippen molar-refractivity contribution in [3.63, 3.8) is 0 Å². The molecule has 2 aromatic rings. The minimum Gasteiger partial charge on any atom is -0.387 e.